The highest BCUT2D eigenvalue weighted by Crippen LogP contribution is 2.01. The Kier molecular flexibility index (Phi) is 2.80. The minimum Gasteiger partial charge on any atom is -0.207 e. The van der Waals surface area contributed by atoms with Gasteiger partial charge in [0, 0.05) is 11.1 Å². The monoisotopic (exact) mass is 195 g/mol. The van der Waals surface area contributed by atoms with Crippen molar-refractivity contribution in [2.75, 3.05) is 0 Å². The Morgan fingerprint density at radius 3 is 2.33 bits per heavy atom. The van der Waals surface area contributed by atoms with E-state index < -0.39 is 0 Å². The van der Waals surface area contributed by atoms with E-state index in [2.05, 4.69) is 17.9 Å². The van der Waals surface area contributed by atoms with Crippen molar-refractivity contribution in [1.82, 2.24) is 0 Å². The van der Waals surface area contributed by atoms with Crippen LogP contribution in [0.15, 0.2) is 48.5 Å². The highest BCUT2D eigenvalue weighted by atomic mass is 19.1. The average molecular weight is 195 g/mol. The summed E-state index contributed by atoms with van der Waals surface area (Å²) in [6, 6.07) is 16.5. The zero-order valence-electron chi connectivity index (χ0n) is 8.00. The Bertz CT molecular complexity index is 486. The first-order chi connectivity index (χ1) is 7.34. The van der Waals surface area contributed by atoms with E-state index in [9.17, 15) is 4.39 Å². The van der Waals surface area contributed by atoms with Gasteiger partial charge in [0.1, 0.15) is 5.82 Å². The molecule has 0 aromatic heterocycles. The summed E-state index contributed by atoms with van der Waals surface area (Å²) in [4.78, 5) is 0. The molecule has 0 amide bonds. The van der Waals surface area contributed by atoms with E-state index in [1.54, 1.807) is 12.1 Å². The number of hydrogen-bond acceptors (Lipinski definition) is 0. The number of benzene rings is 2. The van der Waals surface area contributed by atoms with Crippen LogP contribution in [0.5, 0.6) is 0 Å². The van der Waals surface area contributed by atoms with Crippen LogP contribution < -0.4 is 0 Å². The first-order valence-corrected chi connectivity index (χ1v) is 4.58. The molecule has 0 atom stereocenters. The standard InChI is InChI=1S/C14H8F/c15-14-10-8-13(9-11-14)7-6-12-4-2-1-3-5-12/h1-2,4-5,8-11H. The molecule has 1 radical (unpaired) electrons. The molecular formula is C14H8F. The van der Waals surface area contributed by atoms with Crippen molar-refractivity contribution < 1.29 is 4.39 Å². The zero-order chi connectivity index (χ0) is 10.5. The van der Waals surface area contributed by atoms with Crippen LogP contribution in [0.3, 0.4) is 0 Å². The van der Waals surface area contributed by atoms with E-state index in [-0.39, 0.29) is 5.82 Å². The lowest BCUT2D eigenvalue weighted by molar-refractivity contribution is 0.627. The van der Waals surface area contributed by atoms with Crippen molar-refractivity contribution in [2.45, 2.75) is 0 Å². The molecule has 0 bridgehead atoms. The summed E-state index contributed by atoms with van der Waals surface area (Å²) < 4.78 is 12.6. The molecule has 2 aromatic rings. The quantitative estimate of drug-likeness (QED) is 0.567. The van der Waals surface area contributed by atoms with Crippen LogP contribution >= 0.6 is 0 Å². The molecular weight excluding hydrogens is 187 g/mol. The molecule has 0 nitrogen and oxygen atoms in total. The van der Waals surface area contributed by atoms with Crippen molar-refractivity contribution in [2.24, 2.45) is 0 Å². The number of halogens is 1. The van der Waals surface area contributed by atoms with E-state index >= 15 is 0 Å². The summed E-state index contributed by atoms with van der Waals surface area (Å²) in [5, 5.41) is 0. The highest BCUT2D eigenvalue weighted by molar-refractivity contribution is 5.42. The van der Waals surface area contributed by atoms with Gasteiger partial charge in [-0.15, -0.1) is 0 Å². The molecule has 1 heteroatoms. The molecule has 0 N–H and O–H groups in total. The molecule has 0 aliphatic rings. The Labute approximate surface area is 88.4 Å². The second-order valence-electron chi connectivity index (χ2n) is 3.05. The summed E-state index contributed by atoms with van der Waals surface area (Å²) in [5.41, 5.74) is 1.71. The Balaban J connectivity index is 2.22. The predicted molar refractivity (Wildman–Crippen MR) is 57.7 cm³/mol. The van der Waals surface area contributed by atoms with E-state index in [4.69, 9.17) is 0 Å². The minimum atomic E-state index is -0.242. The van der Waals surface area contributed by atoms with Gasteiger partial charge in [-0.2, -0.15) is 0 Å². The van der Waals surface area contributed by atoms with Gasteiger partial charge in [-0.3, -0.25) is 0 Å². The largest absolute Gasteiger partial charge is 0.207 e. The maximum atomic E-state index is 12.6. The lowest BCUT2D eigenvalue weighted by Gasteiger charge is -1.89. The number of rotatable bonds is 0. The first-order valence-electron chi connectivity index (χ1n) is 4.58. The van der Waals surface area contributed by atoms with Crippen LogP contribution in [-0.4, -0.2) is 0 Å². The van der Waals surface area contributed by atoms with Gasteiger partial charge < -0.3 is 0 Å². The molecule has 0 heterocycles. The van der Waals surface area contributed by atoms with Crippen molar-refractivity contribution >= 4 is 0 Å². The lowest BCUT2D eigenvalue weighted by atomic mass is 10.2. The van der Waals surface area contributed by atoms with Gasteiger partial charge in [-0.25, -0.2) is 4.39 Å². The minimum absolute atomic E-state index is 0.242. The van der Waals surface area contributed by atoms with E-state index in [0.29, 0.717) is 0 Å². The maximum absolute atomic E-state index is 12.6. The molecule has 2 aromatic carbocycles. The average Bonchev–Trinajstić information content (AvgIpc) is 2.30. The van der Waals surface area contributed by atoms with E-state index in [1.165, 1.54) is 12.1 Å². The van der Waals surface area contributed by atoms with Gasteiger partial charge in [0.2, 0.25) is 0 Å². The molecule has 0 unspecified atom stereocenters. The molecule has 0 aliphatic carbocycles. The summed E-state index contributed by atoms with van der Waals surface area (Å²) in [5.74, 6) is 5.69. The van der Waals surface area contributed by atoms with Gasteiger partial charge in [0.25, 0.3) is 0 Å². The van der Waals surface area contributed by atoms with Gasteiger partial charge in [0.15, 0.2) is 0 Å². The smallest absolute Gasteiger partial charge is 0.123 e. The van der Waals surface area contributed by atoms with Crippen LogP contribution in [0.4, 0.5) is 4.39 Å². The first kappa shape index (κ1) is 9.48. The fraction of sp³-hybridized carbons (Fsp3) is 0. The Morgan fingerprint density at radius 1 is 0.933 bits per heavy atom. The predicted octanol–water partition coefficient (Wildman–Crippen LogP) is 3.03. The molecule has 15 heavy (non-hydrogen) atoms. The molecule has 0 aliphatic heterocycles. The summed E-state index contributed by atoms with van der Waals surface area (Å²) in [6.07, 6.45) is 0. The van der Waals surface area contributed by atoms with Crippen molar-refractivity contribution in [1.29, 1.82) is 0 Å². The second kappa shape index (κ2) is 4.43. The molecule has 0 fully saturated rings. The van der Waals surface area contributed by atoms with Gasteiger partial charge in [-0.05, 0) is 42.5 Å². The fourth-order valence-electron chi connectivity index (χ4n) is 1.15. The molecule has 0 saturated carbocycles. The van der Waals surface area contributed by atoms with Crippen molar-refractivity contribution in [3.8, 4) is 11.8 Å². The third-order valence-electron chi connectivity index (χ3n) is 1.90. The van der Waals surface area contributed by atoms with Crippen molar-refractivity contribution in [3.63, 3.8) is 0 Å². The van der Waals surface area contributed by atoms with Gasteiger partial charge >= 0.3 is 0 Å². The van der Waals surface area contributed by atoms with Gasteiger partial charge in [-0.1, -0.05) is 24.0 Å². The molecule has 0 saturated heterocycles. The molecule has 2 rings (SSSR count). The number of hydrogen-bond donors (Lipinski definition) is 0. The third-order valence-corrected chi connectivity index (χ3v) is 1.90. The normalized spacial score (nSPS) is 9.13. The fourth-order valence-corrected chi connectivity index (χ4v) is 1.15. The topological polar surface area (TPSA) is 0 Å². The van der Waals surface area contributed by atoms with Crippen molar-refractivity contribution in [3.05, 3.63) is 71.5 Å². The Hall–Kier alpha value is -2.07. The van der Waals surface area contributed by atoms with Crippen LogP contribution in [0.2, 0.25) is 0 Å². The van der Waals surface area contributed by atoms with Crippen LogP contribution in [-0.2, 0) is 0 Å². The highest BCUT2D eigenvalue weighted by Gasteiger charge is 1.88. The lowest BCUT2D eigenvalue weighted by Crippen LogP contribution is -1.76. The summed E-state index contributed by atoms with van der Waals surface area (Å²) in [7, 11) is 0. The van der Waals surface area contributed by atoms with Crippen LogP contribution in [0.1, 0.15) is 11.1 Å². The SMILES string of the molecule is Fc1ccc(C#Cc2c[c]ccc2)cc1. The van der Waals surface area contributed by atoms with E-state index in [1.807, 2.05) is 24.3 Å². The summed E-state index contributed by atoms with van der Waals surface area (Å²) >= 11 is 0. The molecule has 0 spiro atoms. The van der Waals surface area contributed by atoms with Crippen LogP contribution in [0.25, 0.3) is 0 Å². The van der Waals surface area contributed by atoms with Gasteiger partial charge in [0.05, 0.1) is 0 Å². The second-order valence-corrected chi connectivity index (χ2v) is 3.05. The Morgan fingerprint density at radius 2 is 1.67 bits per heavy atom. The third kappa shape index (κ3) is 2.69. The van der Waals surface area contributed by atoms with E-state index in [0.717, 1.165) is 11.1 Å². The zero-order valence-corrected chi connectivity index (χ0v) is 8.00. The summed E-state index contributed by atoms with van der Waals surface area (Å²) in [6.45, 7) is 0. The maximum Gasteiger partial charge on any atom is 0.123 e. The van der Waals surface area contributed by atoms with Crippen LogP contribution in [0, 0.1) is 23.7 Å². The molecule has 71 valence electrons.